The molecule has 3 aromatic rings. The number of aromatic amines is 1. The van der Waals surface area contributed by atoms with Crippen LogP contribution in [0.1, 0.15) is 23.4 Å². The van der Waals surface area contributed by atoms with Crippen molar-refractivity contribution in [2.75, 3.05) is 4.90 Å². The highest BCUT2D eigenvalue weighted by molar-refractivity contribution is 8.03. The van der Waals surface area contributed by atoms with Gasteiger partial charge in [-0.25, -0.2) is 4.39 Å². The van der Waals surface area contributed by atoms with Gasteiger partial charge in [-0.2, -0.15) is 5.10 Å². The van der Waals surface area contributed by atoms with Crippen LogP contribution in [0.25, 0.3) is 0 Å². The molecule has 142 valence electrons. The number of carbonyl (C=O) groups is 1. The molecule has 1 aliphatic rings. The fourth-order valence-electron chi connectivity index (χ4n) is 3.08. The zero-order valence-electron chi connectivity index (χ0n) is 15.1. The molecule has 0 spiro atoms. The third-order valence-corrected chi connectivity index (χ3v) is 5.68. The van der Waals surface area contributed by atoms with E-state index in [1.54, 1.807) is 48.7 Å². The summed E-state index contributed by atoms with van der Waals surface area (Å²) in [5.41, 5.74) is 3.19. The molecule has 3 heterocycles. The minimum absolute atomic E-state index is 0.161. The summed E-state index contributed by atoms with van der Waals surface area (Å²) in [6, 6.07) is 9.86. The van der Waals surface area contributed by atoms with E-state index in [4.69, 9.17) is 0 Å². The molecule has 0 saturated heterocycles. The molecule has 2 aromatic heterocycles. The molecular weight excluding hydrogens is 377 g/mol. The van der Waals surface area contributed by atoms with Crippen molar-refractivity contribution in [3.63, 3.8) is 0 Å². The van der Waals surface area contributed by atoms with Crippen LogP contribution in [0.3, 0.4) is 0 Å². The fourth-order valence-corrected chi connectivity index (χ4v) is 4.31. The van der Waals surface area contributed by atoms with E-state index in [1.165, 1.54) is 12.1 Å². The van der Waals surface area contributed by atoms with E-state index in [2.05, 4.69) is 20.5 Å². The molecule has 28 heavy (non-hydrogen) atoms. The Balaban J connectivity index is 1.64. The zero-order valence-corrected chi connectivity index (χ0v) is 15.9. The van der Waals surface area contributed by atoms with Crippen molar-refractivity contribution in [1.29, 1.82) is 0 Å². The number of carbonyl (C=O) groups excluding carboxylic acids is 1. The van der Waals surface area contributed by atoms with E-state index in [0.717, 1.165) is 21.7 Å². The Hall–Kier alpha value is -3.13. The van der Waals surface area contributed by atoms with Gasteiger partial charge in [0.15, 0.2) is 0 Å². The Morgan fingerprint density at radius 3 is 2.68 bits per heavy atom. The summed E-state index contributed by atoms with van der Waals surface area (Å²) in [6.07, 6.45) is 6.92. The molecular formula is C20H18FN5OS. The summed E-state index contributed by atoms with van der Waals surface area (Å²) in [6.45, 7) is 2.32. The van der Waals surface area contributed by atoms with Crippen molar-refractivity contribution in [2.45, 2.75) is 18.8 Å². The number of hydrogen-bond acceptors (Lipinski definition) is 5. The quantitative estimate of drug-likeness (QED) is 0.688. The van der Waals surface area contributed by atoms with Crippen LogP contribution < -0.4 is 10.2 Å². The van der Waals surface area contributed by atoms with Gasteiger partial charge in [-0.15, -0.1) is 0 Å². The summed E-state index contributed by atoms with van der Waals surface area (Å²) in [7, 11) is 0. The number of nitrogens with one attached hydrogen (secondary N) is 2. The summed E-state index contributed by atoms with van der Waals surface area (Å²) >= 11 is 1.57. The number of hydrogen-bond donors (Lipinski definition) is 2. The Morgan fingerprint density at radius 2 is 2.00 bits per heavy atom. The van der Waals surface area contributed by atoms with E-state index in [9.17, 15) is 9.18 Å². The molecule has 0 aliphatic carbocycles. The second-order valence-corrected chi connectivity index (χ2v) is 7.59. The van der Waals surface area contributed by atoms with Crippen molar-refractivity contribution < 1.29 is 9.18 Å². The van der Waals surface area contributed by atoms with Gasteiger partial charge in [0.2, 0.25) is 0 Å². The third kappa shape index (κ3) is 3.63. The summed E-state index contributed by atoms with van der Waals surface area (Å²) < 4.78 is 13.4. The normalized spacial score (nSPS) is 16.5. The number of halogens is 1. The number of H-pyrrole nitrogens is 1. The molecule has 0 fully saturated rings. The Morgan fingerprint density at radius 1 is 1.25 bits per heavy atom. The average molecular weight is 395 g/mol. The van der Waals surface area contributed by atoms with Crippen LogP contribution in [0, 0.1) is 5.82 Å². The molecule has 1 aromatic carbocycles. The Bertz CT molecular complexity index is 989. The monoisotopic (exact) mass is 395 g/mol. The van der Waals surface area contributed by atoms with Crippen molar-refractivity contribution in [2.24, 2.45) is 0 Å². The van der Waals surface area contributed by atoms with Crippen LogP contribution in [-0.4, -0.2) is 21.1 Å². The first-order chi connectivity index (χ1) is 13.6. The molecule has 4 rings (SSSR count). The third-order valence-electron chi connectivity index (χ3n) is 4.42. The smallest absolute Gasteiger partial charge is 0.269 e. The topological polar surface area (TPSA) is 73.9 Å². The van der Waals surface area contributed by atoms with E-state index in [1.807, 2.05) is 24.0 Å². The predicted molar refractivity (Wildman–Crippen MR) is 107 cm³/mol. The first-order valence-corrected chi connectivity index (χ1v) is 9.59. The SMILES string of the molecule is CC1=C(C(=O)NCc2ccncc2)N(c2ccc(F)cc2)C(c2cn[nH]c2)S1. The van der Waals surface area contributed by atoms with Crippen molar-refractivity contribution >= 4 is 23.4 Å². The molecule has 0 saturated carbocycles. The number of thioether (sulfide) groups is 1. The number of pyridine rings is 1. The van der Waals surface area contributed by atoms with E-state index in [-0.39, 0.29) is 17.1 Å². The largest absolute Gasteiger partial charge is 0.347 e. The molecule has 0 radical (unpaired) electrons. The molecule has 0 bridgehead atoms. The van der Waals surface area contributed by atoms with Crippen molar-refractivity contribution in [1.82, 2.24) is 20.5 Å². The first kappa shape index (κ1) is 18.2. The fraction of sp³-hybridized carbons (Fsp3) is 0.150. The van der Waals surface area contributed by atoms with Gasteiger partial charge in [-0.05, 0) is 48.9 Å². The number of benzene rings is 1. The number of allylic oxidation sites excluding steroid dienone is 1. The van der Waals surface area contributed by atoms with Crippen LogP contribution in [0.4, 0.5) is 10.1 Å². The first-order valence-electron chi connectivity index (χ1n) is 8.71. The summed E-state index contributed by atoms with van der Waals surface area (Å²) in [4.78, 5) is 19.9. The van der Waals surface area contributed by atoms with Crippen LogP contribution >= 0.6 is 11.8 Å². The number of rotatable bonds is 5. The van der Waals surface area contributed by atoms with Gasteiger partial charge in [0.05, 0.1) is 6.20 Å². The molecule has 1 aliphatic heterocycles. The highest BCUT2D eigenvalue weighted by Crippen LogP contribution is 2.49. The lowest BCUT2D eigenvalue weighted by Gasteiger charge is -2.28. The van der Waals surface area contributed by atoms with Crippen LogP contribution in [0.5, 0.6) is 0 Å². The summed E-state index contributed by atoms with van der Waals surface area (Å²) in [5.74, 6) is -0.503. The lowest BCUT2D eigenvalue weighted by molar-refractivity contribution is -0.117. The predicted octanol–water partition coefficient (Wildman–Crippen LogP) is 3.74. The standard InChI is InChI=1S/C20H18FN5OS/c1-13-18(19(27)23-10-14-6-8-22-9-7-14)26(17-4-2-16(21)3-5-17)20(28-13)15-11-24-25-12-15/h2-9,11-12,20H,10H2,1H3,(H,23,27)(H,24,25). The van der Waals surface area contributed by atoms with Gasteiger partial charge in [0.1, 0.15) is 16.9 Å². The van der Waals surface area contributed by atoms with Crippen LogP contribution in [0.2, 0.25) is 0 Å². The maximum atomic E-state index is 13.4. The van der Waals surface area contributed by atoms with Crippen LogP contribution in [0.15, 0.2) is 71.8 Å². The molecule has 1 unspecified atom stereocenters. The number of nitrogens with zero attached hydrogens (tertiary/aromatic N) is 3. The van der Waals surface area contributed by atoms with Crippen molar-refractivity contribution in [3.8, 4) is 0 Å². The molecule has 1 amide bonds. The second-order valence-electron chi connectivity index (χ2n) is 6.29. The van der Waals surface area contributed by atoms with Gasteiger partial charge in [-0.3, -0.25) is 14.9 Å². The number of anilines is 1. The van der Waals surface area contributed by atoms with E-state index >= 15 is 0 Å². The number of amides is 1. The minimum Gasteiger partial charge on any atom is -0.347 e. The van der Waals surface area contributed by atoms with Crippen LogP contribution in [-0.2, 0) is 11.3 Å². The maximum absolute atomic E-state index is 13.4. The van der Waals surface area contributed by atoms with E-state index < -0.39 is 0 Å². The summed E-state index contributed by atoms with van der Waals surface area (Å²) in [5, 5.41) is 9.66. The minimum atomic E-state index is -0.320. The van der Waals surface area contributed by atoms with Gasteiger partial charge >= 0.3 is 0 Å². The molecule has 6 nitrogen and oxygen atoms in total. The van der Waals surface area contributed by atoms with Gasteiger partial charge in [0.25, 0.3) is 5.91 Å². The maximum Gasteiger partial charge on any atom is 0.269 e. The van der Waals surface area contributed by atoms with E-state index in [0.29, 0.717) is 12.2 Å². The molecule has 2 N–H and O–H groups in total. The average Bonchev–Trinajstić information content (AvgIpc) is 3.35. The lowest BCUT2D eigenvalue weighted by atomic mass is 10.2. The molecule has 8 heteroatoms. The Kier molecular flexibility index (Phi) is 5.12. The Labute approximate surface area is 165 Å². The zero-order chi connectivity index (χ0) is 19.5. The molecule has 1 atom stereocenters. The number of aromatic nitrogens is 3. The lowest BCUT2D eigenvalue weighted by Crippen LogP contribution is -2.34. The highest BCUT2D eigenvalue weighted by atomic mass is 32.2. The second kappa shape index (κ2) is 7.85. The highest BCUT2D eigenvalue weighted by Gasteiger charge is 2.37. The van der Waals surface area contributed by atoms with Crippen molar-refractivity contribution in [3.05, 3.63) is 88.7 Å². The van der Waals surface area contributed by atoms with Gasteiger partial charge in [0, 0.05) is 41.3 Å². The van der Waals surface area contributed by atoms with Gasteiger partial charge < -0.3 is 10.2 Å². The van der Waals surface area contributed by atoms with Gasteiger partial charge in [-0.1, -0.05) is 11.8 Å².